The molecule has 2 aromatic carbocycles. The van der Waals surface area contributed by atoms with Crippen LogP contribution in [0.2, 0.25) is 0 Å². The average Bonchev–Trinajstić information content (AvgIpc) is 3.05. The largest absolute Gasteiger partial charge is 0.462 e. The van der Waals surface area contributed by atoms with Crippen LogP contribution in [0.25, 0.3) is 0 Å². The third-order valence-electron chi connectivity index (χ3n) is 4.03. The number of benzene rings is 2. The van der Waals surface area contributed by atoms with Crippen molar-refractivity contribution in [3.05, 3.63) is 64.4 Å². The third kappa shape index (κ3) is 3.72. The lowest BCUT2D eigenvalue weighted by Crippen LogP contribution is -2.22. The van der Waals surface area contributed by atoms with Gasteiger partial charge in [-0.3, -0.25) is 0 Å². The normalized spacial score (nSPS) is 17.3. The number of carbonyl (C=O) groups is 1. The van der Waals surface area contributed by atoms with E-state index in [-0.39, 0.29) is 10.0 Å². The van der Waals surface area contributed by atoms with E-state index in [0.717, 1.165) is 19.5 Å². The number of ether oxygens (including phenoxy) is 1. The Bertz CT molecular complexity index is 693. The molecular formula is C18H17BrFNO2. The van der Waals surface area contributed by atoms with Gasteiger partial charge in [-0.25, -0.2) is 9.18 Å². The van der Waals surface area contributed by atoms with Gasteiger partial charge in [0.1, 0.15) is 5.82 Å². The van der Waals surface area contributed by atoms with E-state index in [1.807, 2.05) is 18.2 Å². The number of anilines is 1. The molecule has 0 saturated carbocycles. The van der Waals surface area contributed by atoms with Gasteiger partial charge >= 0.3 is 5.97 Å². The highest BCUT2D eigenvalue weighted by Crippen LogP contribution is 2.25. The molecule has 5 heteroatoms. The highest BCUT2D eigenvalue weighted by molar-refractivity contribution is 9.10. The maximum Gasteiger partial charge on any atom is 0.339 e. The molecule has 1 atom stereocenters. The van der Waals surface area contributed by atoms with Gasteiger partial charge in [0, 0.05) is 24.7 Å². The van der Waals surface area contributed by atoms with Crippen LogP contribution in [-0.2, 0) is 4.74 Å². The highest BCUT2D eigenvalue weighted by atomic mass is 79.9. The Hall–Kier alpha value is -1.88. The molecule has 0 bridgehead atoms. The molecule has 120 valence electrons. The van der Waals surface area contributed by atoms with Crippen LogP contribution in [0.3, 0.4) is 0 Å². The molecule has 3 rings (SSSR count). The topological polar surface area (TPSA) is 29.5 Å². The Labute approximate surface area is 143 Å². The van der Waals surface area contributed by atoms with E-state index in [4.69, 9.17) is 4.74 Å². The summed E-state index contributed by atoms with van der Waals surface area (Å²) in [6, 6.07) is 14.6. The minimum Gasteiger partial charge on any atom is -0.462 e. The molecule has 1 heterocycles. The van der Waals surface area contributed by atoms with Crippen molar-refractivity contribution in [1.29, 1.82) is 0 Å². The predicted molar refractivity (Wildman–Crippen MR) is 91.1 cm³/mol. The molecule has 0 aliphatic carbocycles. The second kappa shape index (κ2) is 7.13. The smallest absolute Gasteiger partial charge is 0.339 e. The maximum atomic E-state index is 13.5. The number of esters is 1. The lowest BCUT2D eigenvalue weighted by atomic mass is 10.1. The second-order valence-electron chi connectivity index (χ2n) is 5.64. The molecule has 1 saturated heterocycles. The van der Waals surface area contributed by atoms with E-state index in [0.29, 0.717) is 12.5 Å². The number of para-hydroxylation sites is 1. The fourth-order valence-electron chi connectivity index (χ4n) is 2.77. The van der Waals surface area contributed by atoms with E-state index in [2.05, 4.69) is 33.0 Å². The van der Waals surface area contributed by atoms with Crippen molar-refractivity contribution in [2.24, 2.45) is 5.92 Å². The van der Waals surface area contributed by atoms with Gasteiger partial charge in [0.25, 0.3) is 0 Å². The summed E-state index contributed by atoms with van der Waals surface area (Å²) in [4.78, 5) is 14.4. The highest BCUT2D eigenvalue weighted by Gasteiger charge is 2.24. The monoisotopic (exact) mass is 377 g/mol. The molecule has 0 radical (unpaired) electrons. The first-order chi connectivity index (χ1) is 11.1. The summed E-state index contributed by atoms with van der Waals surface area (Å²) in [6.45, 7) is 2.17. The van der Waals surface area contributed by atoms with Gasteiger partial charge in [-0.15, -0.1) is 0 Å². The minimum atomic E-state index is -0.491. The van der Waals surface area contributed by atoms with E-state index in [1.54, 1.807) is 6.07 Å². The Balaban J connectivity index is 1.55. The van der Waals surface area contributed by atoms with Crippen LogP contribution in [-0.4, -0.2) is 25.7 Å². The van der Waals surface area contributed by atoms with Crippen LogP contribution < -0.4 is 4.90 Å². The fourth-order valence-corrected chi connectivity index (χ4v) is 3.20. The van der Waals surface area contributed by atoms with Gasteiger partial charge in [0.05, 0.1) is 16.6 Å². The van der Waals surface area contributed by atoms with Crippen LogP contribution in [0.4, 0.5) is 10.1 Å². The molecule has 23 heavy (non-hydrogen) atoms. The van der Waals surface area contributed by atoms with Crippen molar-refractivity contribution in [2.45, 2.75) is 6.42 Å². The number of hydrogen-bond donors (Lipinski definition) is 0. The summed E-state index contributed by atoms with van der Waals surface area (Å²) in [5.41, 5.74) is 1.41. The molecule has 0 unspecified atom stereocenters. The first-order valence-corrected chi connectivity index (χ1v) is 8.35. The van der Waals surface area contributed by atoms with Gasteiger partial charge in [0.2, 0.25) is 0 Å². The molecule has 0 N–H and O–H groups in total. The summed E-state index contributed by atoms with van der Waals surface area (Å²) >= 11 is 3.09. The average molecular weight is 378 g/mol. The van der Waals surface area contributed by atoms with Crippen molar-refractivity contribution in [1.82, 2.24) is 0 Å². The molecule has 1 aliphatic heterocycles. The second-order valence-corrected chi connectivity index (χ2v) is 6.43. The molecule has 3 nitrogen and oxygen atoms in total. The van der Waals surface area contributed by atoms with Crippen LogP contribution >= 0.6 is 15.9 Å². The zero-order chi connectivity index (χ0) is 16.2. The number of rotatable bonds is 4. The summed E-state index contributed by atoms with van der Waals surface area (Å²) in [5.74, 6) is -0.656. The molecule has 0 aromatic heterocycles. The number of carbonyl (C=O) groups excluding carboxylic acids is 1. The van der Waals surface area contributed by atoms with E-state index < -0.39 is 11.8 Å². The standard InChI is InChI=1S/C18H17BrFNO2/c19-17-15(7-4-8-16(17)20)18(22)23-12-13-9-10-21(11-13)14-5-2-1-3-6-14/h1-8,13H,9-12H2/t13-/m1/s1. The van der Waals surface area contributed by atoms with Crippen LogP contribution in [0.15, 0.2) is 53.0 Å². The lowest BCUT2D eigenvalue weighted by molar-refractivity contribution is 0.0449. The van der Waals surface area contributed by atoms with Gasteiger partial charge in [-0.1, -0.05) is 24.3 Å². The Morgan fingerprint density at radius 2 is 2.00 bits per heavy atom. The van der Waals surface area contributed by atoms with Crippen molar-refractivity contribution < 1.29 is 13.9 Å². The van der Waals surface area contributed by atoms with E-state index in [9.17, 15) is 9.18 Å². The molecule has 0 amide bonds. The van der Waals surface area contributed by atoms with Crippen LogP contribution in [0.5, 0.6) is 0 Å². The van der Waals surface area contributed by atoms with Gasteiger partial charge in [0.15, 0.2) is 0 Å². The number of halogens is 2. The van der Waals surface area contributed by atoms with Crippen LogP contribution in [0.1, 0.15) is 16.8 Å². The number of nitrogens with zero attached hydrogens (tertiary/aromatic N) is 1. The lowest BCUT2D eigenvalue weighted by Gasteiger charge is -2.18. The molecular weight excluding hydrogens is 361 g/mol. The third-order valence-corrected chi connectivity index (χ3v) is 4.83. The summed E-state index contributed by atoms with van der Waals surface area (Å²) in [6.07, 6.45) is 0.979. The number of hydrogen-bond acceptors (Lipinski definition) is 3. The Kier molecular flexibility index (Phi) is 4.96. The molecule has 0 spiro atoms. The first-order valence-electron chi connectivity index (χ1n) is 7.56. The van der Waals surface area contributed by atoms with Gasteiger partial charge < -0.3 is 9.64 Å². The van der Waals surface area contributed by atoms with E-state index >= 15 is 0 Å². The van der Waals surface area contributed by atoms with Crippen molar-refractivity contribution in [3.63, 3.8) is 0 Å². The molecule has 1 aliphatic rings. The van der Waals surface area contributed by atoms with Crippen molar-refractivity contribution in [3.8, 4) is 0 Å². The summed E-state index contributed by atoms with van der Waals surface area (Å²) < 4.78 is 19.0. The van der Waals surface area contributed by atoms with Gasteiger partial charge in [-0.2, -0.15) is 0 Å². The van der Waals surface area contributed by atoms with Crippen molar-refractivity contribution >= 4 is 27.6 Å². The Morgan fingerprint density at radius 1 is 1.22 bits per heavy atom. The van der Waals surface area contributed by atoms with E-state index in [1.165, 1.54) is 17.8 Å². The SMILES string of the molecule is O=C(OC[C@@H]1CCN(c2ccccc2)C1)c1cccc(F)c1Br. The quantitative estimate of drug-likeness (QED) is 0.745. The predicted octanol–water partition coefficient (Wildman–Crippen LogP) is 4.27. The molecule has 2 aromatic rings. The van der Waals surface area contributed by atoms with Crippen LogP contribution in [0, 0.1) is 11.7 Å². The summed E-state index contributed by atoms with van der Waals surface area (Å²) in [7, 11) is 0. The minimum absolute atomic E-state index is 0.155. The fraction of sp³-hybridized carbons (Fsp3) is 0.278. The van der Waals surface area contributed by atoms with Gasteiger partial charge in [-0.05, 0) is 46.6 Å². The zero-order valence-electron chi connectivity index (χ0n) is 12.5. The molecule has 1 fully saturated rings. The maximum absolute atomic E-state index is 13.5. The summed E-state index contributed by atoms with van der Waals surface area (Å²) in [5, 5.41) is 0. The van der Waals surface area contributed by atoms with Crippen molar-refractivity contribution in [2.75, 3.05) is 24.6 Å². The zero-order valence-corrected chi connectivity index (χ0v) is 14.1. The first kappa shape index (κ1) is 16.0. The Morgan fingerprint density at radius 3 is 2.78 bits per heavy atom.